The van der Waals surface area contributed by atoms with Crippen molar-refractivity contribution in [3.8, 4) is 0 Å². The second-order valence-corrected chi connectivity index (χ2v) is 17.6. The Labute approximate surface area is 289 Å². The summed E-state index contributed by atoms with van der Waals surface area (Å²) in [6.07, 6.45) is 32.8. The van der Waals surface area contributed by atoms with Crippen molar-refractivity contribution in [2.24, 2.45) is 5.41 Å². The largest absolute Gasteiger partial charge is 0.352 e. The zero-order chi connectivity index (χ0) is 32.3. The van der Waals surface area contributed by atoms with E-state index in [1.165, 1.54) is 153 Å². The predicted octanol–water partition coefficient (Wildman–Crippen LogP) is 12.4. The van der Waals surface area contributed by atoms with Gasteiger partial charge in [-0.3, -0.25) is 0 Å². The van der Waals surface area contributed by atoms with Crippen LogP contribution in [0.25, 0.3) is 0 Å². The van der Waals surface area contributed by atoms with Crippen LogP contribution in [0.4, 0.5) is 0 Å². The summed E-state index contributed by atoms with van der Waals surface area (Å²) in [6.45, 7) is 12.0. The molecule has 0 N–H and O–H groups in total. The molecule has 2 saturated heterocycles. The van der Waals surface area contributed by atoms with Crippen molar-refractivity contribution >= 4 is 23.5 Å². The predicted molar refractivity (Wildman–Crippen MR) is 200 cm³/mol. The molecule has 2 aliphatic rings. The van der Waals surface area contributed by atoms with E-state index in [4.69, 9.17) is 18.9 Å². The van der Waals surface area contributed by atoms with Gasteiger partial charge in [0.15, 0.2) is 12.6 Å². The summed E-state index contributed by atoms with van der Waals surface area (Å²) in [4.78, 5) is 0. The highest BCUT2D eigenvalue weighted by Crippen LogP contribution is 2.34. The molecule has 2 fully saturated rings. The van der Waals surface area contributed by atoms with E-state index in [0.29, 0.717) is 36.9 Å². The third kappa shape index (κ3) is 22.0. The minimum atomic E-state index is -0.134. The molecule has 268 valence electrons. The first-order valence-electron chi connectivity index (χ1n) is 19.8. The summed E-state index contributed by atoms with van der Waals surface area (Å²) in [6, 6.07) is 0. The van der Waals surface area contributed by atoms with Gasteiger partial charge in [-0.2, -0.15) is 23.5 Å². The van der Waals surface area contributed by atoms with Gasteiger partial charge in [0.1, 0.15) is 0 Å². The SMILES string of the molecule is CCCCCCCCCCCCCSC(C)CC1OCC2(CO1)COC(CC(C)SCCCCCCCCCCCCC)OC2. The standard InChI is InChI=1S/C39H76O4S2/c1-5-7-9-11-13-15-17-19-21-23-25-27-44-35(3)29-37-40-31-39(32-41-37)33-42-38(43-34-39)30-36(4)45-28-26-24-22-20-18-16-14-12-10-8-6-2/h35-38H,5-34H2,1-4H3. The molecule has 0 aliphatic carbocycles. The molecule has 1 spiro atoms. The van der Waals surface area contributed by atoms with Gasteiger partial charge in [0.2, 0.25) is 0 Å². The van der Waals surface area contributed by atoms with Crippen LogP contribution in [-0.4, -0.2) is 61.0 Å². The Kier molecular flexibility index (Phi) is 26.3. The molecule has 0 aromatic heterocycles. The molecular formula is C39H76O4S2. The highest BCUT2D eigenvalue weighted by Gasteiger charge is 2.42. The molecule has 0 bridgehead atoms. The second-order valence-electron chi connectivity index (χ2n) is 14.5. The van der Waals surface area contributed by atoms with E-state index in [1.54, 1.807) is 0 Å². The molecule has 6 heteroatoms. The maximum Gasteiger partial charge on any atom is 0.158 e. The minimum absolute atomic E-state index is 0.0832. The lowest BCUT2D eigenvalue weighted by atomic mass is 9.90. The van der Waals surface area contributed by atoms with Gasteiger partial charge in [0.05, 0.1) is 31.8 Å². The summed E-state index contributed by atoms with van der Waals surface area (Å²) in [5, 5.41) is 1.14. The van der Waals surface area contributed by atoms with E-state index in [-0.39, 0.29) is 18.0 Å². The number of hydrogen-bond donors (Lipinski definition) is 0. The van der Waals surface area contributed by atoms with Crippen molar-refractivity contribution < 1.29 is 18.9 Å². The normalized spacial score (nSPS) is 23.5. The molecule has 0 saturated carbocycles. The van der Waals surface area contributed by atoms with Crippen molar-refractivity contribution in [1.29, 1.82) is 0 Å². The Balaban J connectivity index is 1.39. The average molecular weight is 673 g/mol. The Morgan fingerprint density at radius 3 is 1.00 bits per heavy atom. The molecule has 2 rings (SSSR count). The minimum Gasteiger partial charge on any atom is -0.352 e. The zero-order valence-corrected chi connectivity index (χ0v) is 32.1. The van der Waals surface area contributed by atoms with Gasteiger partial charge in [-0.25, -0.2) is 0 Å². The third-order valence-electron chi connectivity index (χ3n) is 9.65. The van der Waals surface area contributed by atoms with Gasteiger partial charge < -0.3 is 18.9 Å². The van der Waals surface area contributed by atoms with Crippen LogP contribution < -0.4 is 0 Å². The topological polar surface area (TPSA) is 36.9 Å². The first kappa shape index (κ1) is 41.7. The molecule has 2 aliphatic heterocycles. The van der Waals surface area contributed by atoms with E-state index in [9.17, 15) is 0 Å². The fourth-order valence-electron chi connectivity index (χ4n) is 6.48. The number of hydrogen-bond acceptors (Lipinski definition) is 6. The third-order valence-corrected chi connectivity index (χ3v) is 12.2. The van der Waals surface area contributed by atoms with Gasteiger partial charge >= 0.3 is 0 Å². The second kappa shape index (κ2) is 28.4. The van der Waals surface area contributed by atoms with E-state index < -0.39 is 0 Å². The lowest BCUT2D eigenvalue weighted by Crippen LogP contribution is -2.52. The summed E-state index contributed by atoms with van der Waals surface area (Å²) < 4.78 is 24.8. The van der Waals surface area contributed by atoms with Crippen molar-refractivity contribution in [2.45, 2.75) is 205 Å². The molecule has 0 aromatic carbocycles. The number of rotatable bonds is 30. The van der Waals surface area contributed by atoms with Gasteiger partial charge in [0.25, 0.3) is 0 Å². The van der Waals surface area contributed by atoms with Crippen molar-refractivity contribution in [1.82, 2.24) is 0 Å². The molecular weight excluding hydrogens is 597 g/mol. The first-order valence-corrected chi connectivity index (χ1v) is 21.9. The molecule has 45 heavy (non-hydrogen) atoms. The van der Waals surface area contributed by atoms with E-state index >= 15 is 0 Å². The molecule has 2 atom stereocenters. The van der Waals surface area contributed by atoms with Crippen molar-refractivity contribution in [3.05, 3.63) is 0 Å². The molecule has 0 amide bonds. The average Bonchev–Trinajstić information content (AvgIpc) is 3.04. The van der Waals surface area contributed by atoms with Crippen LogP contribution in [0.3, 0.4) is 0 Å². The molecule has 0 aromatic rings. The van der Waals surface area contributed by atoms with Gasteiger partial charge in [-0.15, -0.1) is 0 Å². The first-order chi connectivity index (χ1) is 22.1. The van der Waals surface area contributed by atoms with Crippen LogP contribution in [0.1, 0.15) is 182 Å². The van der Waals surface area contributed by atoms with Gasteiger partial charge in [-0.05, 0) is 24.3 Å². The molecule has 2 heterocycles. The maximum absolute atomic E-state index is 6.20. The number of ether oxygens (including phenoxy) is 4. The Morgan fingerprint density at radius 2 is 0.711 bits per heavy atom. The van der Waals surface area contributed by atoms with E-state index in [1.807, 2.05) is 0 Å². The van der Waals surface area contributed by atoms with E-state index in [0.717, 1.165) is 12.8 Å². The smallest absolute Gasteiger partial charge is 0.158 e. The van der Waals surface area contributed by atoms with Crippen LogP contribution in [0.15, 0.2) is 0 Å². The highest BCUT2D eigenvalue weighted by molar-refractivity contribution is 8.00. The Morgan fingerprint density at radius 1 is 0.444 bits per heavy atom. The van der Waals surface area contributed by atoms with Gasteiger partial charge in [0, 0.05) is 23.3 Å². The van der Waals surface area contributed by atoms with Gasteiger partial charge in [-0.1, -0.05) is 156 Å². The van der Waals surface area contributed by atoms with Crippen LogP contribution in [0.5, 0.6) is 0 Å². The lowest BCUT2D eigenvalue weighted by molar-refractivity contribution is -0.303. The fourth-order valence-corrected chi connectivity index (χ4v) is 8.61. The molecule has 0 radical (unpaired) electrons. The van der Waals surface area contributed by atoms with Crippen LogP contribution >= 0.6 is 23.5 Å². The van der Waals surface area contributed by atoms with Crippen molar-refractivity contribution in [3.63, 3.8) is 0 Å². The summed E-state index contributed by atoms with van der Waals surface area (Å²) in [7, 11) is 0. The molecule has 2 unspecified atom stereocenters. The fraction of sp³-hybridized carbons (Fsp3) is 1.00. The van der Waals surface area contributed by atoms with E-state index in [2.05, 4.69) is 51.2 Å². The van der Waals surface area contributed by atoms with Crippen molar-refractivity contribution in [2.75, 3.05) is 37.9 Å². The maximum atomic E-state index is 6.20. The molecule has 4 nitrogen and oxygen atoms in total. The van der Waals surface area contributed by atoms with Crippen LogP contribution in [0, 0.1) is 5.41 Å². The zero-order valence-electron chi connectivity index (χ0n) is 30.5. The summed E-state index contributed by atoms with van der Waals surface area (Å²) in [5.74, 6) is 2.52. The number of thioether (sulfide) groups is 2. The van der Waals surface area contributed by atoms with Crippen LogP contribution in [0.2, 0.25) is 0 Å². The lowest BCUT2D eigenvalue weighted by Gasteiger charge is -2.44. The highest BCUT2D eigenvalue weighted by atomic mass is 32.2. The monoisotopic (exact) mass is 673 g/mol. The summed E-state index contributed by atoms with van der Waals surface area (Å²) in [5.41, 5.74) is -0.134. The Bertz CT molecular complexity index is 577. The Hall–Kier alpha value is 0.540. The van der Waals surface area contributed by atoms with Crippen LogP contribution in [-0.2, 0) is 18.9 Å². The quantitative estimate of drug-likeness (QED) is 0.0707. The summed E-state index contributed by atoms with van der Waals surface area (Å²) >= 11 is 4.17. The number of unbranched alkanes of at least 4 members (excludes halogenated alkanes) is 20.